The van der Waals surface area contributed by atoms with E-state index >= 15 is 0 Å². The molecular formula is C27H25N5O2. The number of hydrogen-bond acceptors (Lipinski definition) is 3. The first-order chi connectivity index (χ1) is 16.6. The zero-order valence-corrected chi connectivity index (χ0v) is 18.9. The minimum absolute atomic E-state index is 0.00170. The van der Waals surface area contributed by atoms with E-state index in [0.29, 0.717) is 24.2 Å². The average Bonchev–Trinajstić information content (AvgIpc) is 3.47. The highest BCUT2D eigenvalue weighted by molar-refractivity contribution is 6.01. The van der Waals surface area contributed by atoms with Crippen LogP contribution >= 0.6 is 0 Å². The molecule has 1 fully saturated rings. The van der Waals surface area contributed by atoms with Crippen molar-refractivity contribution >= 4 is 28.0 Å². The number of nitrogens with one attached hydrogen (secondary N) is 2. The van der Waals surface area contributed by atoms with E-state index < -0.39 is 0 Å². The summed E-state index contributed by atoms with van der Waals surface area (Å²) in [5, 5.41) is 0.908. The Balaban J connectivity index is 1.28. The minimum atomic E-state index is -0.160. The Morgan fingerprint density at radius 1 is 1.09 bits per heavy atom. The molecule has 0 unspecified atom stereocenters. The van der Waals surface area contributed by atoms with Crippen molar-refractivity contribution in [3.63, 3.8) is 0 Å². The number of piperidine rings is 1. The number of hydrogen-bond donors (Lipinski definition) is 2. The largest absolute Gasteiger partial charge is 0.346 e. The summed E-state index contributed by atoms with van der Waals surface area (Å²) >= 11 is 0. The van der Waals surface area contributed by atoms with Gasteiger partial charge >= 0.3 is 5.69 Å². The number of nitrogens with zero attached hydrogens (tertiary/aromatic N) is 3. The molecule has 2 N–H and O–H groups in total. The molecule has 0 saturated carbocycles. The third kappa shape index (κ3) is 3.41. The Hall–Kier alpha value is -4.13. The average molecular weight is 452 g/mol. The van der Waals surface area contributed by atoms with Crippen molar-refractivity contribution in [3.8, 4) is 11.1 Å². The second-order valence-corrected chi connectivity index (χ2v) is 9.05. The Kier molecular flexibility index (Phi) is 4.83. The molecule has 1 aliphatic rings. The van der Waals surface area contributed by atoms with Gasteiger partial charge in [0.05, 0.1) is 23.3 Å². The van der Waals surface area contributed by atoms with Gasteiger partial charge in [0.15, 0.2) is 0 Å². The second kappa shape index (κ2) is 8.02. The number of carbonyl (C=O) groups is 1. The quantitative estimate of drug-likeness (QED) is 0.418. The van der Waals surface area contributed by atoms with Crippen molar-refractivity contribution in [2.45, 2.75) is 25.8 Å². The van der Waals surface area contributed by atoms with Crippen LogP contribution < -0.4 is 5.69 Å². The molecular weight excluding hydrogens is 426 g/mol. The summed E-state index contributed by atoms with van der Waals surface area (Å²) in [4.78, 5) is 38.6. The van der Waals surface area contributed by atoms with Gasteiger partial charge in [0.25, 0.3) is 5.91 Å². The molecule has 1 amide bonds. The molecule has 0 radical (unpaired) electrons. The summed E-state index contributed by atoms with van der Waals surface area (Å²) < 4.78 is 1.81. The molecule has 7 heteroatoms. The van der Waals surface area contributed by atoms with Gasteiger partial charge in [-0.15, -0.1) is 0 Å². The molecule has 7 nitrogen and oxygen atoms in total. The van der Waals surface area contributed by atoms with Gasteiger partial charge in [-0.05, 0) is 49.1 Å². The Morgan fingerprint density at radius 2 is 1.94 bits per heavy atom. The van der Waals surface area contributed by atoms with Crippen LogP contribution in [0.25, 0.3) is 33.2 Å². The van der Waals surface area contributed by atoms with Gasteiger partial charge in [0.1, 0.15) is 5.65 Å². The van der Waals surface area contributed by atoms with Gasteiger partial charge in [0, 0.05) is 30.2 Å². The van der Waals surface area contributed by atoms with E-state index in [1.165, 1.54) is 5.56 Å². The molecule has 1 aliphatic heterocycles. The number of fused-ring (bicyclic) bond motifs is 3. The van der Waals surface area contributed by atoms with Crippen molar-refractivity contribution in [1.82, 2.24) is 24.4 Å². The van der Waals surface area contributed by atoms with Crippen molar-refractivity contribution in [3.05, 3.63) is 88.6 Å². The van der Waals surface area contributed by atoms with Crippen molar-refractivity contribution < 1.29 is 4.79 Å². The smallest absolute Gasteiger partial charge is 0.326 e. The summed E-state index contributed by atoms with van der Waals surface area (Å²) in [5.74, 6) is 0.00170. The third-order valence-electron chi connectivity index (χ3n) is 6.79. The topological polar surface area (TPSA) is 86.8 Å². The molecule has 0 bridgehead atoms. The minimum Gasteiger partial charge on any atom is -0.346 e. The number of rotatable bonds is 3. The summed E-state index contributed by atoms with van der Waals surface area (Å²) in [6.07, 6.45) is 5.21. The van der Waals surface area contributed by atoms with E-state index in [4.69, 9.17) is 0 Å². The monoisotopic (exact) mass is 451 g/mol. The highest BCUT2D eigenvalue weighted by atomic mass is 16.2. The van der Waals surface area contributed by atoms with Crippen LogP contribution in [0.1, 0.15) is 34.8 Å². The Labute approximate surface area is 196 Å². The maximum Gasteiger partial charge on any atom is 0.326 e. The Morgan fingerprint density at radius 3 is 2.76 bits per heavy atom. The number of likely N-dealkylation sites (tertiary alicyclic amines) is 1. The molecule has 34 heavy (non-hydrogen) atoms. The second-order valence-electron chi connectivity index (χ2n) is 9.05. The lowest BCUT2D eigenvalue weighted by molar-refractivity contribution is 0.0680. The summed E-state index contributed by atoms with van der Waals surface area (Å²) in [6, 6.07) is 18.0. The zero-order valence-electron chi connectivity index (χ0n) is 18.9. The lowest BCUT2D eigenvalue weighted by Crippen LogP contribution is -2.42. The normalized spacial score (nSPS) is 16.4. The highest BCUT2D eigenvalue weighted by Gasteiger charge is 2.28. The van der Waals surface area contributed by atoms with Gasteiger partial charge < -0.3 is 14.9 Å². The van der Waals surface area contributed by atoms with E-state index in [1.807, 2.05) is 52.1 Å². The summed E-state index contributed by atoms with van der Waals surface area (Å²) in [7, 11) is 0. The first-order valence-electron chi connectivity index (χ1n) is 11.6. The molecule has 2 aromatic carbocycles. The lowest BCUT2D eigenvalue weighted by Gasteiger charge is -2.33. The summed E-state index contributed by atoms with van der Waals surface area (Å²) in [5.41, 5.74) is 6.25. The van der Waals surface area contributed by atoms with Crippen LogP contribution in [0, 0.1) is 6.92 Å². The van der Waals surface area contributed by atoms with Crippen LogP contribution in [-0.2, 0) is 0 Å². The first kappa shape index (κ1) is 20.5. The molecule has 5 aromatic rings. The van der Waals surface area contributed by atoms with Crippen LogP contribution in [-0.4, -0.2) is 43.4 Å². The molecule has 0 aliphatic carbocycles. The predicted octanol–water partition coefficient (Wildman–Crippen LogP) is 4.66. The number of benzene rings is 2. The standard InChI is InChI=1S/C27H25N5O2/c1-17-4-2-5-20(14-17)18-7-9-19(10-8-18)26(33)31-13-3-6-21(16-31)32-24-22-11-12-28-25(22)29-15-23(24)30-27(32)34/h2,4-5,7-12,14-15,21H,3,6,13,16H2,1H3,(H,28,29)(H,30,34)/t21-/m1/s1. The van der Waals surface area contributed by atoms with Crippen molar-refractivity contribution in [2.75, 3.05) is 13.1 Å². The van der Waals surface area contributed by atoms with Crippen LogP contribution in [0.3, 0.4) is 0 Å². The SMILES string of the molecule is Cc1cccc(-c2ccc(C(=O)N3CCC[C@@H](n4c(=O)[nH]c5cnc6[nH]ccc6c54)C3)cc2)c1. The van der Waals surface area contributed by atoms with Crippen molar-refractivity contribution in [1.29, 1.82) is 0 Å². The maximum atomic E-state index is 13.4. The molecule has 1 atom stereocenters. The van der Waals surface area contributed by atoms with Gasteiger partial charge in [-0.25, -0.2) is 9.78 Å². The summed E-state index contributed by atoms with van der Waals surface area (Å²) in [6.45, 7) is 3.26. The number of aromatic nitrogens is 4. The highest BCUT2D eigenvalue weighted by Crippen LogP contribution is 2.29. The first-order valence-corrected chi connectivity index (χ1v) is 11.6. The van der Waals surface area contributed by atoms with Crippen LogP contribution in [0.15, 0.2) is 71.8 Å². The number of carbonyl (C=O) groups excluding carboxylic acids is 1. The van der Waals surface area contributed by atoms with E-state index in [1.54, 1.807) is 6.20 Å². The number of H-pyrrole nitrogens is 2. The van der Waals surface area contributed by atoms with E-state index in [0.717, 1.165) is 40.5 Å². The van der Waals surface area contributed by atoms with E-state index in [2.05, 4.69) is 40.1 Å². The number of imidazole rings is 1. The van der Waals surface area contributed by atoms with Gasteiger partial charge in [-0.3, -0.25) is 9.36 Å². The van der Waals surface area contributed by atoms with Crippen molar-refractivity contribution in [2.24, 2.45) is 0 Å². The number of aromatic amines is 2. The number of amides is 1. The van der Waals surface area contributed by atoms with Gasteiger partial charge in [-0.1, -0.05) is 42.0 Å². The predicted molar refractivity (Wildman–Crippen MR) is 133 cm³/mol. The van der Waals surface area contributed by atoms with E-state index in [-0.39, 0.29) is 17.6 Å². The van der Waals surface area contributed by atoms with Gasteiger partial charge in [-0.2, -0.15) is 0 Å². The fourth-order valence-electron chi connectivity index (χ4n) is 5.13. The molecule has 6 rings (SSSR count). The molecule has 0 spiro atoms. The fraction of sp³-hybridized carbons (Fsp3) is 0.222. The third-order valence-corrected chi connectivity index (χ3v) is 6.79. The molecule has 4 heterocycles. The van der Waals surface area contributed by atoms with E-state index in [9.17, 15) is 9.59 Å². The maximum absolute atomic E-state index is 13.4. The fourth-order valence-corrected chi connectivity index (χ4v) is 5.13. The lowest BCUT2D eigenvalue weighted by atomic mass is 10.0. The van der Waals surface area contributed by atoms with Crippen LogP contribution in [0.2, 0.25) is 0 Å². The number of pyridine rings is 1. The molecule has 1 saturated heterocycles. The Bertz CT molecular complexity index is 1570. The van der Waals surface area contributed by atoms with Crippen LogP contribution in [0.5, 0.6) is 0 Å². The number of aryl methyl sites for hydroxylation is 1. The zero-order chi connectivity index (χ0) is 23.2. The van der Waals surface area contributed by atoms with Gasteiger partial charge in [0.2, 0.25) is 0 Å². The molecule has 3 aromatic heterocycles. The van der Waals surface area contributed by atoms with Crippen LogP contribution in [0.4, 0.5) is 0 Å². The molecule has 170 valence electrons.